The molecule has 162 valence electrons. The second-order valence-electron chi connectivity index (χ2n) is 6.95. The SMILES string of the molecule is CC[C@@H](Oc1ccc(C)cc1)C(=O)Nc1ccc(S(=O)(=O)Nc2ccc(Br)cc2)cc1. The van der Waals surface area contributed by atoms with Crippen molar-refractivity contribution >= 4 is 43.2 Å². The number of rotatable bonds is 8. The van der Waals surface area contributed by atoms with E-state index in [0.717, 1.165) is 10.0 Å². The van der Waals surface area contributed by atoms with Gasteiger partial charge in [0.2, 0.25) is 0 Å². The van der Waals surface area contributed by atoms with Gasteiger partial charge in [-0.15, -0.1) is 0 Å². The Hall–Kier alpha value is -2.84. The van der Waals surface area contributed by atoms with Crippen molar-refractivity contribution in [2.45, 2.75) is 31.3 Å². The van der Waals surface area contributed by atoms with Gasteiger partial charge in [0.1, 0.15) is 5.75 Å². The molecule has 0 aliphatic heterocycles. The number of nitrogens with one attached hydrogen (secondary N) is 2. The van der Waals surface area contributed by atoms with Crippen LogP contribution in [-0.4, -0.2) is 20.4 Å². The Labute approximate surface area is 190 Å². The van der Waals surface area contributed by atoms with E-state index >= 15 is 0 Å². The topological polar surface area (TPSA) is 84.5 Å². The molecule has 0 spiro atoms. The molecular formula is C23H23BrN2O4S. The molecule has 0 saturated heterocycles. The number of halogens is 1. The van der Waals surface area contributed by atoms with E-state index in [1.807, 2.05) is 38.1 Å². The van der Waals surface area contributed by atoms with E-state index in [9.17, 15) is 13.2 Å². The third-order valence-corrected chi connectivity index (χ3v) is 6.42. The van der Waals surface area contributed by atoms with Crippen LogP contribution in [0.5, 0.6) is 5.75 Å². The van der Waals surface area contributed by atoms with Crippen molar-refractivity contribution in [3.63, 3.8) is 0 Å². The molecule has 0 heterocycles. The average molecular weight is 503 g/mol. The number of carbonyl (C=O) groups is 1. The van der Waals surface area contributed by atoms with E-state index in [-0.39, 0.29) is 10.8 Å². The highest BCUT2D eigenvalue weighted by molar-refractivity contribution is 9.10. The minimum absolute atomic E-state index is 0.0939. The van der Waals surface area contributed by atoms with Gasteiger partial charge in [-0.3, -0.25) is 9.52 Å². The van der Waals surface area contributed by atoms with Gasteiger partial charge in [0, 0.05) is 15.8 Å². The lowest BCUT2D eigenvalue weighted by molar-refractivity contribution is -0.122. The van der Waals surface area contributed by atoms with Crippen LogP contribution in [0.4, 0.5) is 11.4 Å². The summed E-state index contributed by atoms with van der Waals surface area (Å²) in [4.78, 5) is 12.7. The largest absolute Gasteiger partial charge is 0.481 e. The number of carbonyl (C=O) groups excluding carboxylic acids is 1. The number of hydrogen-bond donors (Lipinski definition) is 2. The summed E-state index contributed by atoms with van der Waals surface area (Å²) in [6, 6.07) is 20.3. The van der Waals surface area contributed by atoms with Crippen molar-refractivity contribution < 1.29 is 17.9 Å². The van der Waals surface area contributed by atoms with Crippen LogP contribution >= 0.6 is 15.9 Å². The molecule has 3 rings (SSSR count). The van der Waals surface area contributed by atoms with Crippen molar-refractivity contribution in [2.75, 3.05) is 10.0 Å². The molecule has 2 N–H and O–H groups in total. The fourth-order valence-electron chi connectivity index (χ4n) is 2.78. The first kappa shape index (κ1) is 22.8. The number of sulfonamides is 1. The highest BCUT2D eigenvalue weighted by Gasteiger charge is 2.19. The predicted molar refractivity (Wildman–Crippen MR) is 126 cm³/mol. The Bertz CT molecular complexity index is 1130. The van der Waals surface area contributed by atoms with Gasteiger partial charge in [-0.1, -0.05) is 40.5 Å². The lowest BCUT2D eigenvalue weighted by Gasteiger charge is -2.17. The van der Waals surface area contributed by atoms with Crippen molar-refractivity contribution in [3.8, 4) is 5.75 Å². The normalized spacial score (nSPS) is 12.1. The second kappa shape index (κ2) is 9.98. The van der Waals surface area contributed by atoms with Gasteiger partial charge in [-0.05, 0) is 74.0 Å². The van der Waals surface area contributed by atoms with E-state index in [1.54, 1.807) is 36.4 Å². The van der Waals surface area contributed by atoms with Crippen LogP contribution in [0.3, 0.4) is 0 Å². The van der Waals surface area contributed by atoms with Crippen molar-refractivity contribution in [1.29, 1.82) is 0 Å². The first-order chi connectivity index (χ1) is 14.8. The fraction of sp³-hybridized carbons (Fsp3) is 0.174. The third kappa shape index (κ3) is 6.32. The highest BCUT2D eigenvalue weighted by Crippen LogP contribution is 2.21. The monoisotopic (exact) mass is 502 g/mol. The molecule has 0 fully saturated rings. The number of ether oxygens (including phenoxy) is 1. The Morgan fingerprint density at radius 3 is 2.10 bits per heavy atom. The molecule has 31 heavy (non-hydrogen) atoms. The quantitative estimate of drug-likeness (QED) is 0.434. The van der Waals surface area contributed by atoms with Gasteiger partial charge >= 0.3 is 0 Å². The number of aryl methyl sites for hydroxylation is 1. The van der Waals surface area contributed by atoms with Crippen LogP contribution in [0.25, 0.3) is 0 Å². The number of benzene rings is 3. The molecule has 1 atom stereocenters. The summed E-state index contributed by atoms with van der Waals surface area (Å²) < 4.78 is 34.3. The fourth-order valence-corrected chi connectivity index (χ4v) is 4.10. The zero-order valence-corrected chi connectivity index (χ0v) is 19.5. The summed E-state index contributed by atoms with van der Waals surface area (Å²) in [5, 5.41) is 2.77. The highest BCUT2D eigenvalue weighted by atomic mass is 79.9. The van der Waals surface area contributed by atoms with Gasteiger partial charge in [0.15, 0.2) is 6.10 Å². The number of anilines is 2. The predicted octanol–water partition coefficient (Wildman–Crippen LogP) is 5.35. The van der Waals surface area contributed by atoms with Crippen molar-refractivity contribution in [3.05, 3.63) is 82.8 Å². The molecule has 0 aliphatic carbocycles. The summed E-state index contributed by atoms with van der Waals surface area (Å²) in [5.74, 6) is 0.319. The maximum Gasteiger partial charge on any atom is 0.265 e. The van der Waals surface area contributed by atoms with E-state index in [2.05, 4.69) is 26.0 Å². The van der Waals surface area contributed by atoms with Crippen molar-refractivity contribution in [2.24, 2.45) is 0 Å². The molecule has 0 saturated carbocycles. The van der Waals surface area contributed by atoms with Crippen LogP contribution in [0, 0.1) is 6.92 Å². The maximum atomic E-state index is 12.6. The smallest absolute Gasteiger partial charge is 0.265 e. The third-order valence-electron chi connectivity index (χ3n) is 4.49. The van der Waals surface area contributed by atoms with Crippen LogP contribution in [0.2, 0.25) is 0 Å². The first-order valence-corrected chi connectivity index (χ1v) is 12.0. The molecule has 0 aromatic heterocycles. The second-order valence-corrected chi connectivity index (χ2v) is 9.55. The zero-order valence-electron chi connectivity index (χ0n) is 17.1. The Morgan fingerprint density at radius 2 is 1.52 bits per heavy atom. The van der Waals surface area contributed by atoms with Crippen LogP contribution in [0.15, 0.2) is 82.2 Å². The summed E-state index contributed by atoms with van der Waals surface area (Å²) in [6.07, 6.45) is -0.172. The van der Waals surface area contributed by atoms with Crippen LogP contribution in [-0.2, 0) is 14.8 Å². The zero-order chi connectivity index (χ0) is 22.4. The summed E-state index contributed by atoms with van der Waals surface area (Å²) in [6.45, 7) is 3.84. The molecule has 0 unspecified atom stereocenters. The molecule has 0 aliphatic rings. The summed E-state index contributed by atoms with van der Waals surface area (Å²) >= 11 is 3.31. The van der Waals surface area contributed by atoms with Crippen LogP contribution < -0.4 is 14.8 Å². The van der Waals surface area contributed by atoms with E-state index in [1.165, 1.54) is 12.1 Å². The molecule has 3 aromatic rings. The lowest BCUT2D eigenvalue weighted by atomic mass is 10.2. The van der Waals surface area contributed by atoms with Gasteiger partial charge < -0.3 is 10.1 Å². The Kier molecular flexibility index (Phi) is 7.35. The maximum absolute atomic E-state index is 12.6. The average Bonchev–Trinajstić information content (AvgIpc) is 2.75. The minimum atomic E-state index is -3.74. The van der Waals surface area contributed by atoms with E-state index < -0.39 is 16.1 Å². The van der Waals surface area contributed by atoms with Gasteiger partial charge in [0.25, 0.3) is 15.9 Å². The summed E-state index contributed by atoms with van der Waals surface area (Å²) in [5.41, 5.74) is 2.05. The Morgan fingerprint density at radius 1 is 0.935 bits per heavy atom. The van der Waals surface area contributed by atoms with E-state index in [0.29, 0.717) is 23.5 Å². The van der Waals surface area contributed by atoms with Gasteiger partial charge in [-0.2, -0.15) is 0 Å². The Balaban J connectivity index is 1.65. The molecular weight excluding hydrogens is 480 g/mol. The van der Waals surface area contributed by atoms with Gasteiger partial charge in [-0.25, -0.2) is 8.42 Å². The molecule has 0 radical (unpaired) electrons. The molecule has 3 aromatic carbocycles. The lowest BCUT2D eigenvalue weighted by Crippen LogP contribution is -2.32. The van der Waals surface area contributed by atoms with Crippen molar-refractivity contribution in [1.82, 2.24) is 0 Å². The molecule has 8 heteroatoms. The summed E-state index contributed by atoms with van der Waals surface area (Å²) in [7, 11) is -3.74. The standard InChI is InChI=1S/C23H23BrN2O4S/c1-3-22(30-20-12-4-16(2)5-13-20)23(27)25-18-10-14-21(15-11-18)31(28,29)26-19-8-6-17(24)7-9-19/h4-15,22,26H,3H2,1-2H3,(H,25,27)/t22-/m1/s1. The molecule has 1 amide bonds. The number of amides is 1. The van der Waals surface area contributed by atoms with E-state index in [4.69, 9.17) is 4.74 Å². The van der Waals surface area contributed by atoms with Crippen LogP contribution in [0.1, 0.15) is 18.9 Å². The molecule has 6 nitrogen and oxygen atoms in total. The molecule has 0 bridgehead atoms. The minimum Gasteiger partial charge on any atom is -0.481 e. The number of hydrogen-bond acceptors (Lipinski definition) is 4. The van der Waals surface area contributed by atoms with Gasteiger partial charge in [0.05, 0.1) is 4.90 Å². The first-order valence-electron chi connectivity index (χ1n) is 9.69.